The molecule has 0 saturated carbocycles. The van der Waals surface area contributed by atoms with Crippen LogP contribution in [0.1, 0.15) is 90.2 Å². The van der Waals surface area contributed by atoms with Gasteiger partial charge in [0.15, 0.2) is 12.1 Å². The highest BCUT2D eigenvalue weighted by molar-refractivity contribution is 5.74. The average Bonchev–Trinajstić information content (AvgIpc) is 3.33. The fourth-order valence-electron chi connectivity index (χ4n) is 8.67. The Morgan fingerprint density at radius 2 is 1.42 bits per heavy atom. The van der Waals surface area contributed by atoms with Crippen molar-refractivity contribution in [2.24, 2.45) is 23.5 Å². The first-order valence-corrected chi connectivity index (χ1v) is 24.4. The summed E-state index contributed by atoms with van der Waals surface area (Å²) >= 11 is 0. The number of allylic oxidation sites excluding steroid dienone is 2. The minimum atomic E-state index is -2.29. The lowest BCUT2D eigenvalue weighted by Gasteiger charge is -2.45. The molecular formula is C54H75NO17. The van der Waals surface area contributed by atoms with Gasteiger partial charge in [0, 0.05) is 48.6 Å². The third-order valence-electron chi connectivity index (χ3n) is 13.1. The number of ether oxygens (including phenoxy) is 5. The van der Waals surface area contributed by atoms with Crippen LogP contribution >= 0.6 is 0 Å². The number of aliphatic hydroxyl groups is 10. The molecule has 18 heteroatoms. The van der Waals surface area contributed by atoms with E-state index in [0.29, 0.717) is 5.56 Å². The molecule has 2 heterocycles. The fraction of sp³-hybridized carbons (Fsp3) is 0.593. The third kappa shape index (κ3) is 19.0. The first-order chi connectivity index (χ1) is 34.1. The Morgan fingerprint density at radius 3 is 2.01 bits per heavy atom. The van der Waals surface area contributed by atoms with Crippen LogP contribution in [-0.4, -0.2) is 168 Å². The lowest BCUT2D eigenvalue weighted by Crippen LogP contribution is -2.61. The highest BCUT2D eigenvalue weighted by atomic mass is 16.7. The van der Waals surface area contributed by atoms with Crippen LogP contribution in [0.2, 0.25) is 0 Å². The Labute approximate surface area is 422 Å². The topological polar surface area (TPSA) is 309 Å². The zero-order chi connectivity index (χ0) is 53.1. The minimum Gasteiger partial charge on any atom is -0.469 e. The van der Waals surface area contributed by atoms with Crippen molar-refractivity contribution in [1.29, 1.82) is 0 Å². The summed E-state index contributed by atoms with van der Waals surface area (Å²) in [6.45, 7) is 6.73. The van der Waals surface area contributed by atoms with E-state index in [9.17, 15) is 60.7 Å². The summed E-state index contributed by atoms with van der Waals surface area (Å²) in [5, 5.41) is 109. The van der Waals surface area contributed by atoms with E-state index >= 15 is 0 Å². The molecule has 0 amide bonds. The van der Waals surface area contributed by atoms with Gasteiger partial charge in [-0.1, -0.05) is 80.0 Å². The molecule has 2 aliphatic rings. The van der Waals surface area contributed by atoms with Gasteiger partial charge in [0.2, 0.25) is 0 Å². The second-order valence-electron chi connectivity index (χ2n) is 19.0. The standard InChI is InChI=1S/C54H75NO17/c1-32(16-12-13-21-36-17-8-6-9-18-36)49(63)33(2)34(3)69-46(62)28-39(57)26-38(56)24-25-42(59)43(60)27-40(58)30-54(67)31-44(61)47(52(66)68-5)45(72-54)29-41(23-15-14-22-37-19-10-7-11-20-37)71-53-51(65)48(55)50(64)35(4)70-53/h6-12,15-20,23,32-35,38-45,47-51,53,56-61,63-65,67H,24-31,55H2,1-5H3/b16-12+,23-15+/t32-,33-,34-,35+,38+,39+,40?,41-,42+,43+,44?,45-,47+,48-,49+,50+,51-,53-,54+/m0/s1. The van der Waals surface area contributed by atoms with Gasteiger partial charge in [-0.3, -0.25) is 9.59 Å². The summed E-state index contributed by atoms with van der Waals surface area (Å²) in [7, 11) is 1.11. The molecule has 2 fully saturated rings. The molecule has 2 unspecified atom stereocenters. The Bertz CT molecular complexity index is 2140. The molecule has 2 saturated heterocycles. The molecule has 2 aliphatic heterocycles. The van der Waals surface area contributed by atoms with Crippen LogP contribution in [0, 0.1) is 41.4 Å². The number of aliphatic hydroxyl groups excluding tert-OH is 9. The monoisotopic (exact) mass is 1010 g/mol. The van der Waals surface area contributed by atoms with Crippen LogP contribution in [0.15, 0.2) is 85.0 Å². The second kappa shape index (κ2) is 29.3. The number of benzene rings is 2. The Kier molecular flexibility index (Phi) is 24.4. The molecule has 18 nitrogen and oxygen atoms in total. The Balaban J connectivity index is 1.29. The quantitative estimate of drug-likeness (QED) is 0.0549. The number of hydrogen-bond donors (Lipinski definition) is 11. The average molecular weight is 1010 g/mol. The third-order valence-corrected chi connectivity index (χ3v) is 13.1. The Hall–Kier alpha value is -4.58. The molecule has 12 N–H and O–H groups in total. The smallest absolute Gasteiger partial charge is 0.313 e. The maximum absolute atomic E-state index is 13.1. The summed E-state index contributed by atoms with van der Waals surface area (Å²) in [5.41, 5.74) is 7.61. The van der Waals surface area contributed by atoms with E-state index in [0.717, 1.165) is 12.7 Å². The van der Waals surface area contributed by atoms with Crippen molar-refractivity contribution in [3.8, 4) is 23.7 Å². The molecule has 19 atom stereocenters. The van der Waals surface area contributed by atoms with Gasteiger partial charge in [-0.2, -0.15) is 0 Å². The number of hydrogen-bond acceptors (Lipinski definition) is 18. The van der Waals surface area contributed by atoms with Crippen molar-refractivity contribution >= 4 is 11.9 Å². The second-order valence-corrected chi connectivity index (χ2v) is 19.0. The summed E-state index contributed by atoms with van der Waals surface area (Å²) in [4.78, 5) is 25.8. The van der Waals surface area contributed by atoms with Crippen LogP contribution in [0.25, 0.3) is 0 Å². The maximum atomic E-state index is 13.1. The summed E-state index contributed by atoms with van der Waals surface area (Å²) < 4.78 is 28.3. The summed E-state index contributed by atoms with van der Waals surface area (Å²) in [6, 6.07) is 17.4. The zero-order valence-electron chi connectivity index (χ0n) is 41.5. The van der Waals surface area contributed by atoms with E-state index in [1.807, 2.05) is 55.5 Å². The lowest BCUT2D eigenvalue weighted by atomic mass is 9.82. The molecule has 0 bridgehead atoms. The normalized spacial score (nSPS) is 28.7. The number of carbonyl (C=O) groups is 2. The van der Waals surface area contributed by atoms with Crippen molar-refractivity contribution in [2.75, 3.05) is 7.11 Å². The molecule has 0 radical (unpaired) electrons. The number of nitrogens with two attached hydrogens (primary N) is 1. The molecule has 4 rings (SSSR count). The highest BCUT2D eigenvalue weighted by Gasteiger charge is 2.51. The first-order valence-electron chi connectivity index (χ1n) is 24.4. The largest absolute Gasteiger partial charge is 0.469 e. The van der Waals surface area contributed by atoms with Crippen molar-refractivity contribution < 1.29 is 84.3 Å². The van der Waals surface area contributed by atoms with E-state index in [1.165, 1.54) is 12.2 Å². The fourth-order valence-corrected chi connectivity index (χ4v) is 8.67. The minimum absolute atomic E-state index is 0.110. The van der Waals surface area contributed by atoms with Crippen LogP contribution in [-0.2, 0) is 33.3 Å². The predicted molar refractivity (Wildman–Crippen MR) is 262 cm³/mol. The molecule has 0 aliphatic carbocycles. The summed E-state index contributed by atoms with van der Waals surface area (Å²) in [6.07, 6.45) is -14.1. The van der Waals surface area contributed by atoms with Gasteiger partial charge in [0.1, 0.15) is 18.1 Å². The molecular weight excluding hydrogens is 935 g/mol. The van der Waals surface area contributed by atoms with Crippen molar-refractivity contribution in [1.82, 2.24) is 0 Å². The number of carbonyl (C=O) groups excluding carboxylic acids is 2. The van der Waals surface area contributed by atoms with E-state index in [2.05, 4.69) is 23.7 Å². The van der Waals surface area contributed by atoms with E-state index in [1.54, 1.807) is 45.1 Å². The van der Waals surface area contributed by atoms with E-state index in [-0.39, 0.29) is 31.6 Å². The SMILES string of the molecule is COC(=O)[C@@H]1C(O)C[C@@](O)(CC(O)C[C@@H](O)[C@H](O)CC[C@@H](O)C[C@@H](O)CC(=O)O[C@@H](C)[C@H](C)[C@H](O)[C@@H](C)/C=C/C#Cc2ccccc2)O[C@H]1C[C@H](/C=C/C#Cc1ccccc1)O[C@@H]1O[C@H](C)[C@@H](O)[C@H](N)[C@@H]1O. The molecule has 0 aromatic heterocycles. The molecule has 0 spiro atoms. The van der Waals surface area contributed by atoms with Crippen LogP contribution in [0.5, 0.6) is 0 Å². The van der Waals surface area contributed by atoms with Gasteiger partial charge in [-0.15, -0.1) is 0 Å². The van der Waals surface area contributed by atoms with Crippen molar-refractivity contribution in [3.05, 3.63) is 96.1 Å². The molecule has 72 heavy (non-hydrogen) atoms. The lowest BCUT2D eigenvalue weighted by molar-refractivity contribution is -0.308. The van der Waals surface area contributed by atoms with E-state index < -0.39 is 147 Å². The number of rotatable bonds is 23. The van der Waals surface area contributed by atoms with Gasteiger partial charge in [0.05, 0.1) is 86.7 Å². The van der Waals surface area contributed by atoms with Crippen LogP contribution in [0.4, 0.5) is 0 Å². The van der Waals surface area contributed by atoms with Gasteiger partial charge in [-0.05, 0) is 75.6 Å². The molecule has 398 valence electrons. The number of esters is 2. The van der Waals surface area contributed by atoms with E-state index in [4.69, 9.17) is 29.4 Å². The van der Waals surface area contributed by atoms with Gasteiger partial charge >= 0.3 is 11.9 Å². The zero-order valence-corrected chi connectivity index (χ0v) is 41.5. The molecule has 2 aromatic rings. The van der Waals surface area contributed by atoms with Gasteiger partial charge < -0.3 is 80.5 Å². The Morgan fingerprint density at radius 1 is 0.819 bits per heavy atom. The first kappa shape index (κ1) is 60.0. The van der Waals surface area contributed by atoms with Gasteiger partial charge in [-0.25, -0.2) is 0 Å². The van der Waals surface area contributed by atoms with Crippen LogP contribution in [0.3, 0.4) is 0 Å². The maximum Gasteiger partial charge on any atom is 0.313 e. The highest BCUT2D eigenvalue weighted by Crippen LogP contribution is 2.38. The van der Waals surface area contributed by atoms with Gasteiger partial charge in [0.25, 0.3) is 0 Å². The van der Waals surface area contributed by atoms with Crippen molar-refractivity contribution in [2.45, 2.75) is 177 Å². The van der Waals surface area contributed by atoms with Crippen LogP contribution < -0.4 is 5.73 Å². The summed E-state index contributed by atoms with van der Waals surface area (Å²) in [5.74, 6) is 5.73. The number of methoxy groups -OCH3 is 1. The predicted octanol–water partition coefficient (Wildman–Crippen LogP) is 1.11. The molecule has 2 aromatic carbocycles. The van der Waals surface area contributed by atoms with Crippen molar-refractivity contribution in [3.63, 3.8) is 0 Å².